The molecule has 0 aliphatic heterocycles. The van der Waals surface area contributed by atoms with Gasteiger partial charge in [-0.3, -0.25) is 9.59 Å². The molecule has 74 heavy (non-hydrogen) atoms. The third-order valence-electron chi connectivity index (χ3n) is 15.1. The number of allylic oxidation sites excluding steroid dienone is 7. The molecule has 0 aromatic rings. The van der Waals surface area contributed by atoms with Crippen molar-refractivity contribution in [3.63, 3.8) is 0 Å². The van der Waals surface area contributed by atoms with E-state index in [4.69, 9.17) is 4.74 Å². The zero-order valence-electron chi connectivity index (χ0n) is 49.6. The number of esters is 1. The van der Waals surface area contributed by atoms with Gasteiger partial charge in [0.15, 0.2) is 0 Å². The van der Waals surface area contributed by atoms with Crippen molar-refractivity contribution in [1.29, 1.82) is 0 Å². The van der Waals surface area contributed by atoms with E-state index in [-0.39, 0.29) is 18.5 Å². The van der Waals surface area contributed by atoms with Gasteiger partial charge in [0.2, 0.25) is 5.91 Å². The highest BCUT2D eigenvalue weighted by atomic mass is 16.5. The molecule has 2 atom stereocenters. The average molecular weight is 1040 g/mol. The fourth-order valence-electron chi connectivity index (χ4n) is 10.0. The number of carbonyl (C=O) groups is 2. The second-order valence-electron chi connectivity index (χ2n) is 22.4. The van der Waals surface area contributed by atoms with Gasteiger partial charge in [0.25, 0.3) is 0 Å². The fourth-order valence-corrected chi connectivity index (χ4v) is 10.0. The first-order valence-corrected chi connectivity index (χ1v) is 32.9. The minimum absolute atomic E-state index is 0.00218. The Labute approximate surface area is 461 Å². The molecule has 0 aromatic carbocycles. The van der Waals surface area contributed by atoms with Crippen LogP contribution in [0.3, 0.4) is 0 Å². The minimum Gasteiger partial charge on any atom is -0.466 e. The molecule has 434 valence electrons. The topological polar surface area (TPSA) is 95.9 Å². The quantitative estimate of drug-likeness (QED) is 0.0320. The Hall–Kier alpha value is -2.18. The van der Waals surface area contributed by atoms with Crippen molar-refractivity contribution in [1.82, 2.24) is 5.32 Å². The van der Waals surface area contributed by atoms with E-state index >= 15 is 0 Å². The summed E-state index contributed by atoms with van der Waals surface area (Å²) in [4.78, 5) is 24.5. The largest absolute Gasteiger partial charge is 0.466 e. The molecule has 0 saturated heterocycles. The monoisotopic (exact) mass is 1040 g/mol. The first-order valence-electron chi connectivity index (χ1n) is 32.9. The van der Waals surface area contributed by atoms with Crippen molar-refractivity contribution in [2.45, 2.75) is 360 Å². The number of carbonyl (C=O) groups excluding carboxylic acids is 2. The van der Waals surface area contributed by atoms with E-state index in [2.05, 4.69) is 55.6 Å². The summed E-state index contributed by atoms with van der Waals surface area (Å²) in [7, 11) is 0. The summed E-state index contributed by atoms with van der Waals surface area (Å²) in [5.74, 6) is -0.0680. The number of hydrogen-bond acceptors (Lipinski definition) is 5. The van der Waals surface area contributed by atoms with Crippen molar-refractivity contribution in [2.75, 3.05) is 13.2 Å². The summed E-state index contributed by atoms with van der Waals surface area (Å²) in [5.41, 5.74) is 0. The van der Waals surface area contributed by atoms with E-state index in [1.54, 1.807) is 6.08 Å². The number of aliphatic hydroxyl groups is 2. The van der Waals surface area contributed by atoms with Crippen molar-refractivity contribution in [2.24, 2.45) is 0 Å². The molecule has 0 aliphatic rings. The van der Waals surface area contributed by atoms with Gasteiger partial charge in [0, 0.05) is 12.8 Å². The summed E-state index contributed by atoms with van der Waals surface area (Å²) >= 11 is 0. The van der Waals surface area contributed by atoms with Crippen LogP contribution < -0.4 is 5.32 Å². The van der Waals surface area contributed by atoms with Gasteiger partial charge in [0.05, 0.1) is 25.4 Å². The molecule has 3 N–H and O–H groups in total. The number of unbranched alkanes of at least 4 members (excludes halogenated alkanes) is 44. The van der Waals surface area contributed by atoms with E-state index in [1.165, 1.54) is 270 Å². The third-order valence-corrected chi connectivity index (χ3v) is 15.1. The standard InChI is InChI=1S/C68H127NO5/c1-3-5-7-9-11-13-15-17-32-36-40-44-48-52-56-60-66(71)65(64-70)69-67(72)61-57-53-49-45-41-37-34-30-28-26-24-22-20-19-21-23-25-27-29-31-35-39-43-47-51-55-59-63-74-68(73)62-58-54-50-46-42-38-33-18-16-14-12-10-8-6-4-2/h18-20,23,25,33,56,60,65-66,70-71H,3-17,21-22,24,26-32,34-55,57-59,61-64H2,1-2H3,(H,69,72)/b20-19-,25-23-,33-18-,60-56+. The van der Waals surface area contributed by atoms with E-state index in [0.29, 0.717) is 19.4 Å². The van der Waals surface area contributed by atoms with Crippen LogP contribution in [0.2, 0.25) is 0 Å². The third kappa shape index (κ3) is 59.1. The highest BCUT2D eigenvalue weighted by molar-refractivity contribution is 5.76. The Kier molecular flexibility index (Phi) is 61.5. The van der Waals surface area contributed by atoms with Gasteiger partial charge in [-0.05, 0) is 89.9 Å². The Morgan fingerprint density at radius 3 is 1.04 bits per heavy atom. The van der Waals surface area contributed by atoms with Crippen LogP contribution in [0.25, 0.3) is 0 Å². The van der Waals surface area contributed by atoms with E-state index in [0.717, 1.165) is 51.4 Å². The summed E-state index contributed by atoms with van der Waals surface area (Å²) in [6.07, 6.45) is 81.6. The van der Waals surface area contributed by atoms with Crippen LogP contribution in [-0.4, -0.2) is 47.4 Å². The molecule has 0 spiro atoms. The van der Waals surface area contributed by atoms with Crippen LogP contribution in [0.4, 0.5) is 0 Å². The predicted octanol–water partition coefficient (Wildman–Crippen LogP) is 20.9. The van der Waals surface area contributed by atoms with Gasteiger partial charge in [-0.25, -0.2) is 0 Å². The lowest BCUT2D eigenvalue weighted by molar-refractivity contribution is -0.143. The predicted molar refractivity (Wildman–Crippen MR) is 324 cm³/mol. The zero-order valence-corrected chi connectivity index (χ0v) is 49.6. The summed E-state index contributed by atoms with van der Waals surface area (Å²) in [6, 6.07) is -0.631. The van der Waals surface area contributed by atoms with Gasteiger partial charge in [-0.1, -0.05) is 294 Å². The summed E-state index contributed by atoms with van der Waals surface area (Å²) < 4.78 is 5.48. The van der Waals surface area contributed by atoms with Gasteiger partial charge in [-0.15, -0.1) is 0 Å². The van der Waals surface area contributed by atoms with Crippen LogP contribution in [0.15, 0.2) is 48.6 Å². The van der Waals surface area contributed by atoms with Gasteiger partial charge < -0.3 is 20.3 Å². The molecule has 1 amide bonds. The average Bonchev–Trinajstić information content (AvgIpc) is 3.40. The SMILES string of the molecule is CCCCCCCC/C=C\CCCCCCCC(=O)OCCCCCCCCCCC/C=C\C/C=C\CCCCCCCCCCCCCC(=O)NC(CO)C(O)/C=C/CCCCCCCCCCCCCCC. The Morgan fingerprint density at radius 2 is 0.676 bits per heavy atom. The molecule has 6 nitrogen and oxygen atoms in total. The van der Waals surface area contributed by atoms with Crippen LogP contribution in [0.1, 0.15) is 348 Å². The number of rotatable bonds is 61. The first kappa shape index (κ1) is 71.8. The maximum Gasteiger partial charge on any atom is 0.305 e. The molecular weight excluding hydrogens is 911 g/mol. The molecule has 0 heterocycles. The Balaban J connectivity index is 3.44. The number of nitrogens with one attached hydrogen (secondary N) is 1. The molecule has 0 saturated carbocycles. The molecular formula is C68H127NO5. The molecule has 0 bridgehead atoms. The van der Waals surface area contributed by atoms with Gasteiger partial charge >= 0.3 is 5.97 Å². The highest BCUT2D eigenvalue weighted by Gasteiger charge is 2.18. The fraction of sp³-hybridized carbons (Fsp3) is 0.853. The van der Waals surface area contributed by atoms with Crippen LogP contribution in [0, 0.1) is 0 Å². The Morgan fingerprint density at radius 1 is 0.378 bits per heavy atom. The normalized spacial score (nSPS) is 12.9. The number of ether oxygens (including phenoxy) is 1. The van der Waals surface area contributed by atoms with E-state index in [9.17, 15) is 19.8 Å². The van der Waals surface area contributed by atoms with E-state index < -0.39 is 12.1 Å². The zero-order chi connectivity index (χ0) is 53.6. The molecule has 0 fully saturated rings. The number of amides is 1. The second-order valence-corrected chi connectivity index (χ2v) is 22.4. The maximum absolute atomic E-state index is 12.5. The van der Waals surface area contributed by atoms with Gasteiger partial charge in [-0.2, -0.15) is 0 Å². The molecule has 0 radical (unpaired) electrons. The second kappa shape index (κ2) is 63.4. The minimum atomic E-state index is -0.847. The molecule has 6 heteroatoms. The smallest absolute Gasteiger partial charge is 0.305 e. The van der Waals surface area contributed by atoms with Crippen molar-refractivity contribution in [3.8, 4) is 0 Å². The molecule has 2 unspecified atom stereocenters. The number of hydrogen-bond donors (Lipinski definition) is 3. The lowest BCUT2D eigenvalue weighted by Crippen LogP contribution is -2.45. The highest BCUT2D eigenvalue weighted by Crippen LogP contribution is 2.17. The first-order chi connectivity index (χ1) is 36.5. The van der Waals surface area contributed by atoms with Crippen molar-refractivity contribution < 1.29 is 24.5 Å². The molecule has 0 aliphatic carbocycles. The lowest BCUT2D eigenvalue weighted by Gasteiger charge is -2.20. The van der Waals surface area contributed by atoms with Crippen molar-refractivity contribution in [3.05, 3.63) is 48.6 Å². The van der Waals surface area contributed by atoms with Crippen LogP contribution >= 0.6 is 0 Å². The summed E-state index contributed by atoms with van der Waals surface area (Å²) in [6.45, 7) is 4.90. The maximum atomic E-state index is 12.5. The van der Waals surface area contributed by atoms with Gasteiger partial charge in [0.1, 0.15) is 0 Å². The van der Waals surface area contributed by atoms with Crippen molar-refractivity contribution >= 4 is 11.9 Å². The summed E-state index contributed by atoms with van der Waals surface area (Å²) in [5, 5.41) is 23.1. The number of aliphatic hydroxyl groups excluding tert-OH is 2. The van der Waals surface area contributed by atoms with Crippen LogP contribution in [0.5, 0.6) is 0 Å². The Bertz CT molecular complexity index is 1240. The van der Waals surface area contributed by atoms with Crippen LogP contribution in [-0.2, 0) is 14.3 Å². The lowest BCUT2D eigenvalue weighted by atomic mass is 10.0. The van der Waals surface area contributed by atoms with E-state index in [1.807, 2.05) is 6.08 Å². The molecule has 0 aromatic heterocycles. The molecule has 0 rings (SSSR count).